The van der Waals surface area contributed by atoms with E-state index < -0.39 is 0 Å². The number of rotatable bonds is 10. The third-order valence-electron chi connectivity index (χ3n) is 4.32. The maximum atomic E-state index is 12.5. The van der Waals surface area contributed by atoms with Crippen LogP contribution in [0.15, 0.2) is 59.3 Å². The van der Waals surface area contributed by atoms with Gasteiger partial charge in [-0.05, 0) is 42.3 Å². The molecule has 0 saturated carbocycles. The summed E-state index contributed by atoms with van der Waals surface area (Å²) >= 11 is 1.09. The van der Waals surface area contributed by atoms with Crippen LogP contribution in [-0.2, 0) is 0 Å². The van der Waals surface area contributed by atoms with E-state index in [0.717, 1.165) is 17.0 Å². The van der Waals surface area contributed by atoms with Crippen LogP contribution in [-0.4, -0.2) is 37.8 Å². The van der Waals surface area contributed by atoms with Crippen molar-refractivity contribution in [3.05, 3.63) is 63.8 Å². The zero-order chi connectivity index (χ0) is 22.1. The van der Waals surface area contributed by atoms with Gasteiger partial charge in [0, 0.05) is 24.6 Å². The molecule has 2 N–H and O–H groups in total. The predicted molar refractivity (Wildman–Crippen MR) is 123 cm³/mol. The SMILES string of the molecule is C=CN=CN(C)c1ccc(NC(=O)c2ccc(C(=O)NC(CN=O)C(C)C)s2)cc1. The molecule has 1 atom stereocenters. The number of nitrogens with zero attached hydrogens (tertiary/aromatic N) is 3. The summed E-state index contributed by atoms with van der Waals surface area (Å²) in [4.78, 5) is 42.1. The number of aliphatic imine (C=N–C) groups is 1. The molecule has 1 heterocycles. The number of amides is 2. The highest BCUT2D eigenvalue weighted by Gasteiger charge is 2.20. The molecule has 0 radical (unpaired) electrons. The second-order valence-corrected chi connectivity index (χ2v) is 7.94. The van der Waals surface area contributed by atoms with E-state index in [0.29, 0.717) is 15.4 Å². The van der Waals surface area contributed by atoms with E-state index in [1.54, 1.807) is 30.6 Å². The lowest BCUT2D eigenvalue weighted by atomic mass is 10.0. The van der Waals surface area contributed by atoms with Crippen LogP contribution in [0.5, 0.6) is 0 Å². The van der Waals surface area contributed by atoms with Crippen LogP contribution >= 0.6 is 11.3 Å². The number of hydrogen-bond acceptors (Lipinski definition) is 6. The Kier molecular flexibility index (Phi) is 8.42. The van der Waals surface area contributed by atoms with E-state index in [1.807, 2.05) is 37.9 Å². The van der Waals surface area contributed by atoms with Gasteiger partial charge in [-0.1, -0.05) is 25.6 Å². The summed E-state index contributed by atoms with van der Waals surface area (Å²) in [5.74, 6) is -0.558. The molecule has 1 unspecified atom stereocenters. The average Bonchev–Trinajstić information content (AvgIpc) is 3.22. The molecule has 0 saturated heterocycles. The lowest BCUT2D eigenvalue weighted by Gasteiger charge is -2.18. The third-order valence-corrected chi connectivity index (χ3v) is 5.41. The van der Waals surface area contributed by atoms with Crippen molar-refractivity contribution in [3.8, 4) is 0 Å². The van der Waals surface area contributed by atoms with Crippen molar-refractivity contribution in [2.75, 3.05) is 23.8 Å². The molecule has 2 rings (SSSR count). The van der Waals surface area contributed by atoms with Gasteiger partial charge in [-0.2, -0.15) is 4.91 Å². The Bertz CT molecular complexity index is 921. The number of nitrogens with one attached hydrogen (secondary N) is 2. The summed E-state index contributed by atoms with van der Waals surface area (Å²) in [6, 6.07) is 10.1. The van der Waals surface area contributed by atoms with E-state index in [-0.39, 0.29) is 30.3 Å². The van der Waals surface area contributed by atoms with Gasteiger partial charge in [0.15, 0.2) is 0 Å². The molecule has 0 aliphatic heterocycles. The molecule has 1 aromatic heterocycles. The standard InChI is InChI=1S/C21H25N5O3S/c1-5-22-13-26(4)16-8-6-15(7-9-16)24-20(27)18-10-11-19(30-18)21(28)25-17(12-23-29)14(2)3/h5-11,13-14,17H,1,12H2,2-4H3,(H,24,27)(H,25,28). The van der Waals surface area contributed by atoms with Crippen LogP contribution in [0.4, 0.5) is 11.4 Å². The van der Waals surface area contributed by atoms with E-state index in [1.165, 1.54) is 6.20 Å². The molecule has 2 aromatic rings. The van der Waals surface area contributed by atoms with Gasteiger partial charge in [0.25, 0.3) is 11.8 Å². The molecule has 2 amide bonds. The number of hydrogen-bond donors (Lipinski definition) is 2. The fraction of sp³-hybridized carbons (Fsp3) is 0.286. The van der Waals surface area contributed by atoms with Crippen LogP contribution in [0.25, 0.3) is 0 Å². The fourth-order valence-corrected chi connectivity index (χ4v) is 3.32. The quantitative estimate of drug-likeness (QED) is 0.338. The van der Waals surface area contributed by atoms with Gasteiger partial charge in [0.2, 0.25) is 0 Å². The van der Waals surface area contributed by atoms with E-state index in [9.17, 15) is 14.5 Å². The predicted octanol–water partition coefficient (Wildman–Crippen LogP) is 4.13. The smallest absolute Gasteiger partial charge is 0.265 e. The maximum Gasteiger partial charge on any atom is 0.265 e. The number of thiophene rings is 1. The first-order chi connectivity index (χ1) is 14.3. The highest BCUT2D eigenvalue weighted by molar-refractivity contribution is 7.16. The summed E-state index contributed by atoms with van der Waals surface area (Å²) < 4.78 is 0. The van der Waals surface area contributed by atoms with E-state index in [4.69, 9.17) is 0 Å². The lowest BCUT2D eigenvalue weighted by Crippen LogP contribution is -2.40. The fourth-order valence-electron chi connectivity index (χ4n) is 2.51. The van der Waals surface area contributed by atoms with E-state index in [2.05, 4.69) is 27.4 Å². The molecule has 0 spiro atoms. The molecule has 158 valence electrons. The van der Waals surface area contributed by atoms with Crippen molar-refractivity contribution in [3.63, 3.8) is 0 Å². The highest BCUT2D eigenvalue weighted by Crippen LogP contribution is 2.21. The Labute approximate surface area is 179 Å². The van der Waals surface area contributed by atoms with Crippen molar-refractivity contribution in [1.82, 2.24) is 5.32 Å². The number of nitroso groups, excluding NO2 is 1. The first kappa shape index (κ1) is 23.0. The number of benzene rings is 1. The minimum atomic E-state index is -0.345. The molecule has 0 bridgehead atoms. The summed E-state index contributed by atoms with van der Waals surface area (Å²) in [6.45, 7) is 7.34. The number of carbonyl (C=O) groups is 2. The third kappa shape index (κ3) is 6.35. The lowest BCUT2D eigenvalue weighted by molar-refractivity contribution is 0.0931. The molecule has 1 aromatic carbocycles. The Balaban J connectivity index is 2.01. The van der Waals surface area contributed by atoms with Gasteiger partial charge in [-0.25, -0.2) is 4.99 Å². The summed E-state index contributed by atoms with van der Waals surface area (Å²) in [5, 5.41) is 8.48. The second-order valence-electron chi connectivity index (χ2n) is 6.86. The molecular weight excluding hydrogens is 402 g/mol. The topological polar surface area (TPSA) is 103 Å². The van der Waals surface area contributed by atoms with Crippen molar-refractivity contribution in [2.24, 2.45) is 16.1 Å². The zero-order valence-electron chi connectivity index (χ0n) is 17.2. The Morgan fingerprint density at radius 1 is 1.13 bits per heavy atom. The molecule has 0 aliphatic carbocycles. The van der Waals surface area contributed by atoms with Gasteiger partial charge >= 0.3 is 0 Å². The molecule has 0 fully saturated rings. The minimum absolute atomic E-state index is 0.00670. The van der Waals surface area contributed by atoms with Crippen molar-refractivity contribution < 1.29 is 9.59 Å². The molecule has 8 nitrogen and oxygen atoms in total. The maximum absolute atomic E-state index is 12.5. The molecular formula is C21H25N5O3S. The highest BCUT2D eigenvalue weighted by atomic mass is 32.1. The van der Waals surface area contributed by atoms with Gasteiger partial charge in [0.05, 0.1) is 22.1 Å². The zero-order valence-corrected chi connectivity index (χ0v) is 18.0. The van der Waals surface area contributed by atoms with Crippen LogP contribution in [0.3, 0.4) is 0 Å². The Hall–Kier alpha value is -3.33. The van der Waals surface area contributed by atoms with Crippen molar-refractivity contribution >= 4 is 40.9 Å². The molecule has 0 aliphatic rings. The van der Waals surface area contributed by atoms with Crippen LogP contribution < -0.4 is 15.5 Å². The molecule has 9 heteroatoms. The summed E-state index contributed by atoms with van der Waals surface area (Å²) in [7, 11) is 1.85. The van der Waals surface area contributed by atoms with Gasteiger partial charge in [-0.3, -0.25) is 9.59 Å². The average molecular weight is 428 g/mol. The van der Waals surface area contributed by atoms with Gasteiger partial charge < -0.3 is 15.5 Å². The monoisotopic (exact) mass is 427 g/mol. The summed E-state index contributed by atoms with van der Waals surface area (Å²) in [5.41, 5.74) is 1.53. The first-order valence-corrected chi connectivity index (χ1v) is 10.2. The Morgan fingerprint density at radius 3 is 2.33 bits per heavy atom. The summed E-state index contributed by atoms with van der Waals surface area (Å²) in [6.07, 6.45) is 3.08. The second kappa shape index (κ2) is 11.0. The Morgan fingerprint density at radius 2 is 1.77 bits per heavy atom. The number of anilines is 2. The number of carbonyl (C=O) groups excluding carboxylic acids is 2. The first-order valence-electron chi connectivity index (χ1n) is 9.34. The van der Waals surface area contributed by atoms with Crippen LogP contribution in [0, 0.1) is 10.8 Å². The largest absolute Gasteiger partial charge is 0.346 e. The molecule has 30 heavy (non-hydrogen) atoms. The van der Waals surface area contributed by atoms with Crippen molar-refractivity contribution in [1.29, 1.82) is 0 Å². The van der Waals surface area contributed by atoms with E-state index >= 15 is 0 Å². The van der Waals surface area contributed by atoms with Gasteiger partial charge in [-0.15, -0.1) is 11.3 Å². The van der Waals surface area contributed by atoms with Gasteiger partial charge in [0.1, 0.15) is 6.54 Å². The van der Waals surface area contributed by atoms with Crippen LogP contribution in [0.2, 0.25) is 0 Å². The van der Waals surface area contributed by atoms with Crippen molar-refractivity contribution in [2.45, 2.75) is 19.9 Å². The normalized spacial score (nSPS) is 11.9. The minimum Gasteiger partial charge on any atom is -0.346 e. The van der Waals surface area contributed by atoms with Crippen LogP contribution in [0.1, 0.15) is 33.2 Å².